The molecule has 0 nitrogen and oxygen atoms in total. The zero-order valence-electron chi connectivity index (χ0n) is 15.7. The van der Waals surface area contributed by atoms with E-state index in [0.717, 1.165) is 11.8 Å². The molecule has 0 amide bonds. The molecule has 0 N–H and O–H groups in total. The minimum Gasteiger partial charge on any atom is -0.0622 e. The molecule has 0 aliphatic heterocycles. The molecule has 0 saturated heterocycles. The summed E-state index contributed by atoms with van der Waals surface area (Å²) in [7, 11) is 0. The van der Waals surface area contributed by atoms with Crippen molar-refractivity contribution in [1.82, 2.24) is 0 Å². The lowest BCUT2D eigenvalue weighted by atomic mass is 9.68. The van der Waals surface area contributed by atoms with Gasteiger partial charge in [-0.25, -0.2) is 0 Å². The molecule has 2 aromatic rings. The van der Waals surface area contributed by atoms with E-state index in [1.165, 1.54) is 37.7 Å². The van der Waals surface area contributed by atoms with Crippen LogP contribution in [0.15, 0.2) is 30.3 Å². The van der Waals surface area contributed by atoms with Gasteiger partial charge in [0.25, 0.3) is 0 Å². The van der Waals surface area contributed by atoms with E-state index in [9.17, 15) is 0 Å². The lowest BCUT2D eigenvalue weighted by Crippen LogP contribution is -2.24. The van der Waals surface area contributed by atoms with E-state index in [1.807, 2.05) is 0 Å². The van der Waals surface area contributed by atoms with E-state index in [-0.39, 0.29) is 0 Å². The van der Waals surface area contributed by atoms with Gasteiger partial charge >= 0.3 is 0 Å². The van der Waals surface area contributed by atoms with Gasteiger partial charge in [-0.1, -0.05) is 44.2 Å². The molecule has 0 fully saturated rings. The fourth-order valence-corrected chi connectivity index (χ4v) is 5.20. The van der Waals surface area contributed by atoms with E-state index in [1.54, 1.807) is 33.4 Å². The van der Waals surface area contributed by atoms with Crippen molar-refractivity contribution in [2.75, 3.05) is 0 Å². The van der Waals surface area contributed by atoms with Crippen LogP contribution in [0.1, 0.15) is 71.6 Å². The zero-order valence-corrected chi connectivity index (χ0v) is 15.7. The Morgan fingerprint density at radius 3 is 2.54 bits per heavy atom. The van der Waals surface area contributed by atoms with Gasteiger partial charge in [-0.15, -0.1) is 0 Å². The van der Waals surface area contributed by atoms with Crippen LogP contribution in [0.4, 0.5) is 0 Å². The number of rotatable bonds is 1. The van der Waals surface area contributed by atoms with Crippen LogP contribution in [0.5, 0.6) is 0 Å². The molecule has 2 aliphatic carbocycles. The van der Waals surface area contributed by atoms with Crippen molar-refractivity contribution in [3.8, 4) is 0 Å². The maximum Gasteiger partial charge on any atom is 0.0123 e. The number of hydrogen-bond donors (Lipinski definition) is 0. The van der Waals surface area contributed by atoms with Gasteiger partial charge in [-0.2, -0.15) is 0 Å². The van der Waals surface area contributed by atoms with Gasteiger partial charge in [0.15, 0.2) is 0 Å². The fourth-order valence-electron chi connectivity index (χ4n) is 5.20. The summed E-state index contributed by atoms with van der Waals surface area (Å²) >= 11 is 0. The largest absolute Gasteiger partial charge is 0.0622 e. The minimum absolute atomic E-state index is 0.594. The van der Waals surface area contributed by atoms with Crippen LogP contribution in [-0.4, -0.2) is 0 Å². The molecule has 0 aromatic heterocycles. The van der Waals surface area contributed by atoms with E-state index in [0.29, 0.717) is 5.92 Å². The molecule has 0 heterocycles. The van der Waals surface area contributed by atoms with E-state index >= 15 is 0 Å². The van der Waals surface area contributed by atoms with Crippen LogP contribution < -0.4 is 0 Å². The second kappa shape index (κ2) is 6.06. The fraction of sp³-hybridized carbons (Fsp3) is 0.500. The Morgan fingerprint density at radius 1 is 0.917 bits per heavy atom. The van der Waals surface area contributed by atoms with Gasteiger partial charge in [0.05, 0.1) is 0 Å². The van der Waals surface area contributed by atoms with Crippen molar-refractivity contribution in [2.45, 2.75) is 65.7 Å². The molecule has 4 rings (SSSR count). The first-order chi connectivity index (χ1) is 11.6. The Labute approximate surface area is 147 Å². The van der Waals surface area contributed by atoms with Crippen LogP contribution >= 0.6 is 0 Å². The van der Waals surface area contributed by atoms with Crippen LogP contribution in [0.3, 0.4) is 0 Å². The standard InChI is InChI=1S/C24H30/c1-15-9-12-22-20(13-15)14-17(3)18(4)24(22)23-16(2)10-11-19-7-5-6-8-21(19)23/h5-8,14-16,23H,9-13H2,1-4H3/t15-,16?,23+/m1/s1. The summed E-state index contributed by atoms with van der Waals surface area (Å²) in [6, 6.07) is 11.7. The third kappa shape index (κ3) is 2.51. The van der Waals surface area contributed by atoms with Crippen molar-refractivity contribution < 1.29 is 0 Å². The molecule has 126 valence electrons. The molecular formula is C24H30. The molecule has 1 unspecified atom stereocenters. The van der Waals surface area contributed by atoms with Crippen molar-refractivity contribution in [2.24, 2.45) is 11.8 Å². The highest BCUT2D eigenvalue weighted by Crippen LogP contribution is 2.45. The van der Waals surface area contributed by atoms with Crippen LogP contribution in [-0.2, 0) is 19.3 Å². The van der Waals surface area contributed by atoms with Crippen molar-refractivity contribution >= 4 is 0 Å². The third-order valence-electron chi connectivity index (χ3n) is 6.69. The SMILES string of the molecule is Cc1cc2c(c([C@@H]3c4ccccc4CCC3C)c1C)CC[C@@H](C)C2. The summed E-state index contributed by atoms with van der Waals surface area (Å²) in [6.45, 7) is 9.57. The van der Waals surface area contributed by atoms with Gasteiger partial charge < -0.3 is 0 Å². The second-order valence-electron chi connectivity index (χ2n) is 8.41. The van der Waals surface area contributed by atoms with Gasteiger partial charge in [-0.05, 0) is 96.7 Å². The summed E-state index contributed by atoms with van der Waals surface area (Å²) < 4.78 is 0. The topological polar surface area (TPSA) is 0 Å². The van der Waals surface area contributed by atoms with Crippen molar-refractivity contribution in [1.29, 1.82) is 0 Å². The Morgan fingerprint density at radius 2 is 1.71 bits per heavy atom. The molecule has 0 bridgehead atoms. The summed E-state index contributed by atoms with van der Waals surface area (Å²) in [6.07, 6.45) is 6.47. The van der Waals surface area contributed by atoms with E-state index < -0.39 is 0 Å². The van der Waals surface area contributed by atoms with Gasteiger partial charge in [0.2, 0.25) is 0 Å². The predicted octanol–water partition coefficient (Wildman–Crippen LogP) is 6.14. The first-order valence-corrected chi connectivity index (χ1v) is 9.76. The Hall–Kier alpha value is -1.56. The Balaban J connectivity index is 1.94. The lowest BCUT2D eigenvalue weighted by molar-refractivity contribution is 0.435. The second-order valence-corrected chi connectivity index (χ2v) is 8.41. The molecule has 0 radical (unpaired) electrons. The molecule has 24 heavy (non-hydrogen) atoms. The maximum absolute atomic E-state index is 2.49. The number of fused-ring (bicyclic) bond motifs is 2. The van der Waals surface area contributed by atoms with Gasteiger partial charge in [-0.3, -0.25) is 0 Å². The Bertz CT molecular complexity index is 768. The molecular weight excluding hydrogens is 288 g/mol. The van der Waals surface area contributed by atoms with Crippen LogP contribution in [0, 0.1) is 25.7 Å². The molecule has 0 spiro atoms. The monoisotopic (exact) mass is 318 g/mol. The number of aryl methyl sites for hydroxylation is 2. The van der Waals surface area contributed by atoms with Gasteiger partial charge in [0, 0.05) is 5.92 Å². The number of benzene rings is 2. The summed E-state index contributed by atoms with van der Waals surface area (Å²) in [5.74, 6) is 2.17. The summed E-state index contributed by atoms with van der Waals surface area (Å²) in [4.78, 5) is 0. The third-order valence-corrected chi connectivity index (χ3v) is 6.69. The average molecular weight is 319 g/mol. The van der Waals surface area contributed by atoms with Crippen molar-refractivity contribution in [3.05, 3.63) is 69.3 Å². The molecule has 2 aliphatic rings. The molecule has 2 aromatic carbocycles. The predicted molar refractivity (Wildman–Crippen MR) is 103 cm³/mol. The highest BCUT2D eigenvalue weighted by atomic mass is 14.4. The summed E-state index contributed by atoms with van der Waals surface area (Å²) in [5.41, 5.74) is 11.3. The maximum atomic E-state index is 2.49. The van der Waals surface area contributed by atoms with Crippen LogP contribution in [0.25, 0.3) is 0 Å². The quantitative estimate of drug-likeness (QED) is 0.592. The normalized spacial score (nSPS) is 25.9. The molecule has 0 heteroatoms. The highest BCUT2D eigenvalue weighted by molar-refractivity contribution is 5.53. The molecule has 0 saturated carbocycles. The lowest BCUT2D eigenvalue weighted by Gasteiger charge is -2.37. The zero-order chi connectivity index (χ0) is 16.8. The van der Waals surface area contributed by atoms with E-state index in [2.05, 4.69) is 58.0 Å². The summed E-state index contributed by atoms with van der Waals surface area (Å²) in [5, 5.41) is 0. The smallest absolute Gasteiger partial charge is 0.0123 e. The molecule has 3 atom stereocenters. The van der Waals surface area contributed by atoms with Crippen molar-refractivity contribution in [3.63, 3.8) is 0 Å². The van der Waals surface area contributed by atoms with Crippen LogP contribution in [0.2, 0.25) is 0 Å². The average Bonchev–Trinajstić information content (AvgIpc) is 2.57. The number of hydrogen-bond acceptors (Lipinski definition) is 0. The first-order valence-electron chi connectivity index (χ1n) is 9.76. The van der Waals surface area contributed by atoms with Gasteiger partial charge in [0.1, 0.15) is 0 Å². The van der Waals surface area contributed by atoms with E-state index in [4.69, 9.17) is 0 Å². The highest BCUT2D eigenvalue weighted by Gasteiger charge is 2.32. The minimum atomic E-state index is 0.594. The first kappa shape index (κ1) is 15.9. The Kier molecular flexibility index (Phi) is 4.03.